The van der Waals surface area contributed by atoms with E-state index in [4.69, 9.17) is 4.74 Å². The van der Waals surface area contributed by atoms with Gasteiger partial charge in [0, 0.05) is 24.2 Å². The van der Waals surface area contributed by atoms with Crippen LogP contribution in [-0.4, -0.2) is 34.3 Å². The number of nitrogens with one attached hydrogen (secondary N) is 2. The average molecular weight is 364 g/mol. The Balaban J connectivity index is 1.61. The van der Waals surface area contributed by atoms with Crippen molar-refractivity contribution < 1.29 is 9.84 Å². The van der Waals surface area contributed by atoms with Crippen molar-refractivity contribution in [3.63, 3.8) is 0 Å². The Bertz CT molecular complexity index is 923. The summed E-state index contributed by atoms with van der Waals surface area (Å²) in [5, 5.41) is 17.5. The van der Waals surface area contributed by atoms with Crippen LogP contribution in [0.25, 0.3) is 10.9 Å². The van der Waals surface area contributed by atoms with Gasteiger partial charge in [-0.25, -0.2) is 4.98 Å². The van der Waals surface area contributed by atoms with Gasteiger partial charge in [0.05, 0.1) is 17.7 Å². The molecule has 27 heavy (non-hydrogen) atoms. The number of nitrogens with zero attached hydrogens (tertiary/aromatic N) is 2. The fraction of sp³-hybridized carbons (Fsp3) is 0.333. The minimum absolute atomic E-state index is 0.234. The SMILES string of the molecule is C[C@@H](O)c1cccc(Nc2nc(NC[C@H]3CCCO3)c3ccccc3n2)c1. The number of hydrogen-bond acceptors (Lipinski definition) is 6. The van der Waals surface area contributed by atoms with Crippen molar-refractivity contribution in [1.29, 1.82) is 0 Å². The van der Waals surface area contributed by atoms with Crippen molar-refractivity contribution in [2.75, 3.05) is 23.8 Å². The molecule has 0 radical (unpaired) electrons. The number of hydrogen-bond donors (Lipinski definition) is 3. The lowest BCUT2D eigenvalue weighted by Gasteiger charge is -2.15. The molecule has 6 heteroatoms. The van der Waals surface area contributed by atoms with Crippen LogP contribution in [0.5, 0.6) is 0 Å². The first kappa shape index (κ1) is 17.7. The zero-order chi connectivity index (χ0) is 18.6. The molecule has 0 spiro atoms. The van der Waals surface area contributed by atoms with Gasteiger partial charge in [0.25, 0.3) is 0 Å². The van der Waals surface area contributed by atoms with Gasteiger partial charge in [-0.1, -0.05) is 24.3 Å². The van der Waals surface area contributed by atoms with Gasteiger partial charge in [-0.15, -0.1) is 0 Å². The fourth-order valence-electron chi connectivity index (χ4n) is 3.29. The lowest BCUT2D eigenvalue weighted by atomic mass is 10.1. The normalized spacial score (nSPS) is 17.8. The number of ether oxygens (including phenoxy) is 1. The highest BCUT2D eigenvalue weighted by atomic mass is 16.5. The number of anilines is 3. The van der Waals surface area contributed by atoms with Crippen molar-refractivity contribution in [3.8, 4) is 0 Å². The van der Waals surface area contributed by atoms with E-state index in [0.717, 1.165) is 54.0 Å². The Morgan fingerprint density at radius 3 is 2.89 bits per heavy atom. The summed E-state index contributed by atoms with van der Waals surface area (Å²) < 4.78 is 5.70. The summed E-state index contributed by atoms with van der Waals surface area (Å²) in [6.45, 7) is 3.32. The highest BCUT2D eigenvalue weighted by molar-refractivity contribution is 5.90. The van der Waals surface area contributed by atoms with Crippen LogP contribution in [0.4, 0.5) is 17.5 Å². The Labute approximate surface area is 158 Å². The standard InChI is InChI=1S/C21H24N4O2/c1-14(26)15-6-4-7-16(12-15)23-21-24-19-10-3-2-9-18(19)20(25-21)22-13-17-8-5-11-27-17/h2-4,6-7,9-10,12,14,17,26H,5,8,11,13H2,1H3,(H2,22,23,24,25)/t14-,17-/m1/s1. The predicted molar refractivity (Wildman–Crippen MR) is 107 cm³/mol. The maximum Gasteiger partial charge on any atom is 0.229 e. The molecule has 4 rings (SSSR count). The molecule has 1 fully saturated rings. The third-order valence-electron chi connectivity index (χ3n) is 4.75. The minimum atomic E-state index is -0.520. The van der Waals surface area contributed by atoms with E-state index >= 15 is 0 Å². The second kappa shape index (κ2) is 7.90. The van der Waals surface area contributed by atoms with Crippen LogP contribution in [0.3, 0.4) is 0 Å². The topological polar surface area (TPSA) is 79.3 Å². The first-order valence-electron chi connectivity index (χ1n) is 9.36. The fourth-order valence-corrected chi connectivity index (χ4v) is 3.29. The summed E-state index contributed by atoms with van der Waals surface area (Å²) in [7, 11) is 0. The number of aliphatic hydroxyl groups excluding tert-OH is 1. The third kappa shape index (κ3) is 4.18. The Morgan fingerprint density at radius 1 is 1.19 bits per heavy atom. The molecule has 0 unspecified atom stereocenters. The lowest BCUT2D eigenvalue weighted by Crippen LogP contribution is -2.19. The molecule has 6 nitrogen and oxygen atoms in total. The van der Waals surface area contributed by atoms with Crippen molar-refractivity contribution in [3.05, 3.63) is 54.1 Å². The molecular weight excluding hydrogens is 340 g/mol. The number of rotatable bonds is 6. The Kier molecular flexibility index (Phi) is 5.18. The summed E-state index contributed by atoms with van der Waals surface area (Å²) in [4.78, 5) is 9.31. The maximum absolute atomic E-state index is 9.79. The molecule has 0 bridgehead atoms. The second-order valence-corrected chi connectivity index (χ2v) is 6.86. The second-order valence-electron chi connectivity index (χ2n) is 6.86. The zero-order valence-electron chi connectivity index (χ0n) is 15.4. The molecule has 140 valence electrons. The monoisotopic (exact) mass is 364 g/mol. The van der Waals surface area contributed by atoms with E-state index in [1.807, 2.05) is 48.5 Å². The highest BCUT2D eigenvalue weighted by Gasteiger charge is 2.16. The van der Waals surface area contributed by atoms with E-state index < -0.39 is 6.10 Å². The van der Waals surface area contributed by atoms with Gasteiger partial charge in [0.15, 0.2) is 0 Å². The first-order chi connectivity index (χ1) is 13.2. The van der Waals surface area contributed by atoms with E-state index in [1.165, 1.54) is 0 Å². The van der Waals surface area contributed by atoms with Gasteiger partial charge in [-0.2, -0.15) is 4.98 Å². The van der Waals surface area contributed by atoms with Crippen LogP contribution in [0.2, 0.25) is 0 Å². The molecule has 0 amide bonds. The van der Waals surface area contributed by atoms with Crippen LogP contribution >= 0.6 is 0 Å². The zero-order valence-corrected chi connectivity index (χ0v) is 15.4. The average Bonchev–Trinajstić information content (AvgIpc) is 3.20. The van der Waals surface area contributed by atoms with Crippen LogP contribution < -0.4 is 10.6 Å². The lowest BCUT2D eigenvalue weighted by molar-refractivity contribution is 0.120. The minimum Gasteiger partial charge on any atom is -0.389 e. The van der Waals surface area contributed by atoms with E-state index in [9.17, 15) is 5.11 Å². The summed E-state index contributed by atoms with van der Waals surface area (Å²) >= 11 is 0. The van der Waals surface area contributed by atoms with Crippen LogP contribution in [0.15, 0.2) is 48.5 Å². The molecule has 1 aromatic heterocycles. The van der Waals surface area contributed by atoms with Gasteiger partial charge in [-0.05, 0) is 49.6 Å². The van der Waals surface area contributed by atoms with Crippen molar-refractivity contribution in [1.82, 2.24) is 9.97 Å². The summed E-state index contributed by atoms with van der Waals surface area (Å²) in [5.74, 6) is 1.32. The van der Waals surface area contributed by atoms with Gasteiger partial charge in [0.2, 0.25) is 5.95 Å². The molecule has 0 saturated carbocycles. The van der Waals surface area contributed by atoms with Crippen molar-refractivity contribution >= 4 is 28.4 Å². The van der Waals surface area contributed by atoms with Gasteiger partial charge < -0.3 is 20.5 Å². The third-order valence-corrected chi connectivity index (χ3v) is 4.75. The Hall–Kier alpha value is -2.70. The first-order valence-corrected chi connectivity index (χ1v) is 9.36. The molecular formula is C21H24N4O2. The van der Waals surface area contributed by atoms with E-state index in [0.29, 0.717) is 5.95 Å². The molecule has 3 N–H and O–H groups in total. The quantitative estimate of drug-likeness (QED) is 0.613. The number of para-hydroxylation sites is 1. The van der Waals surface area contributed by atoms with E-state index in [2.05, 4.69) is 20.6 Å². The van der Waals surface area contributed by atoms with Crippen molar-refractivity contribution in [2.45, 2.75) is 32.0 Å². The molecule has 3 aromatic rings. The summed E-state index contributed by atoms with van der Waals surface area (Å²) in [5.41, 5.74) is 2.56. The maximum atomic E-state index is 9.79. The molecule has 2 aromatic carbocycles. The van der Waals surface area contributed by atoms with Gasteiger partial charge in [0.1, 0.15) is 5.82 Å². The van der Waals surface area contributed by atoms with Crippen molar-refractivity contribution in [2.24, 2.45) is 0 Å². The van der Waals surface area contributed by atoms with Crippen LogP contribution in [0, 0.1) is 0 Å². The molecule has 2 heterocycles. The predicted octanol–water partition coefficient (Wildman–Crippen LogP) is 4.02. The van der Waals surface area contributed by atoms with E-state index in [1.54, 1.807) is 6.92 Å². The van der Waals surface area contributed by atoms with Crippen LogP contribution in [-0.2, 0) is 4.74 Å². The van der Waals surface area contributed by atoms with Gasteiger partial charge >= 0.3 is 0 Å². The largest absolute Gasteiger partial charge is 0.389 e. The number of benzene rings is 2. The Morgan fingerprint density at radius 2 is 2.07 bits per heavy atom. The molecule has 2 atom stereocenters. The highest BCUT2D eigenvalue weighted by Crippen LogP contribution is 2.25. The molecule has 0 aliphatic carbocycles. The number of aliphatic hydroxyl groups is 1. The summed E-state index contributed by atoms with van der Waals surface area (Å²) in [6, 6.07) is 15.6. The summed E-state index contributed by atoms with van der Waals surface area (Å²) in [6.07, 6.45) is 1.90. The number of aromatic nitrogens is 2. The molecule has 1 aliphatic heterocycles. The molecule has 1 aliphatic rings. The van der Waals surface area contributed by atoms with Gasteiger partial charge in [-0.3, -0.25) is 0 Å². The smallest absolute Gasteiger partial charge is 0.229 e. The van der Waals surface area contributed by atoms with E-state index in [-0.39, 0.29) is 6.10 Å². The number of fused-ring (bicyclic) bond motifs is 1. The molecule has 1 saturated heterocycles. The van der Waals surface area contributed by atoms with Crippen LogP contribution in [0.1, 0.15) is 31.4 Å².